The highest BCUT2D eigenvalue weighted by molar-refractivity contribution is 7.99. The van der Waals surface area contributed by atoms with Crippen LogP contribution in [0, 0.1) is 5.92 Å². The maximum atomic E-state index is 4.20. The number of aromatic nitrogens is 2. The lowest BCUT2D eigenvalue weighted by Gasteiger charge is -2.16. The van der Waals surface area contributed by atoms with Gasteiger partial charge in [-0.1, -0.05) is 13.8 Å². The summed E-state index contributed by atoms with van der Waals surface area (Å²) in [5.41, 5.74) is 1.26. The van der Waals surface area contributed by atoms with E-state index in [0.717, 1.165) is 11.7 Å². The summed E-state index contributed by atoms with van der Waals surface area (Å²) in [6.07, 6.45) is 1.85. The summed E-state index contributed by atoms with van der Waals surface area (Å²) < 4.78 is 1.94. The van der Waals surface area contributed by atoms with Gasteiger partial charge in [0.2, 0.25) is 0 Å². The highest BCUT2D eigenvalue weighted by Crippen LogP contribution is 2.18. The summed E-state index contributed by atoms with van der Waals surface area (Å²) >= 11 is 2.00. The summed E-state index contributed by atoms with van der Waals surface area (Å²) in [5, 5.41) is 7.53. The Labute approximate surface area is 96.6 Å². The van der Waals surface area contributed by atoms with E-state index in [2.05, 4.69) is 30.3 Å². The van der Waals surface area contributed by atoms with Crippen molar-refractivity contribution in [3.05, 3.63) is 18.0 Å². The maximum absolute atomic E-state index is 4.20. The van der Waals surface area contributed by atoms with Gasteiger partial charge in [-0.05, 0) is 24.8 Å². The number of nitrogens with zero attached hydrogens (tertiary/aromatic N) is 2. The first-order chi connectivity index (χ1) is 7.15. The summed E-state index contributed by atoms with van der Waals surface area (Å²) in [6.45, 7) is 4.51. The van der Waals surface area contributed by atoms with E-state index in [9.17, 15) is 0 Å². The van der Waals surface area contributed by atoms with E-state index in [0.29, 0.717) is 6.04 Å². The Balaban J connectivity index is 2.46. The molecule has 1 rings (SSSR count). The summed E-state index contributed by atoms with van der Waals surface area (Å²) in [7, 11) is 4.00. The zero-order valence-electron chi connectivity index (χ0n) is 10.0. The molecule has 0 saturated carbocycles. The second-order valence-electron chi connectivity index (χ2n) is 4.15. The molecule has 3 nitrogen and oxygen atoms in total. The monoisotopic (exact) mass is 227 g/mol. The highest BCUT2D eigenvalue weighted by atomic mass is 32.2. The van der Waals surface area contributed by atoms with Crippen LogP contribution in [0.3, 0.4) is 0 Å². The number of nitrogens with one attached hydrogen (secondary N) is 1. The highest BCUT2D eigenvalue weighted by Gasteiger charge is 2.12. The van der Waals surface area contributed by atoms with Crippen molar-refractivity contribution in [2.24, 2.45) is 13.0 Å². The number of hydrogen-bond acceptors (Lipinski definition) is 3. The van der Waals surface area contributed by atoms with Gasteiger partial charge in [0.05, 0.1) is 11.7 Å². The van der Waals surface area contributed by atoms with E-state index in [1.807, 2.05) is 36.7 Å². The molecule has 0 amide bonds. The Morgan fingerprint density at radius 1 is 1.47 bits per heavy atom. The van der Waals surface area contributed by atoms with Crippen molar-refractivity contribution >= 4 is 11.8 Å². The quantitative estimate of drug-likeness (QED) is 0.807. The molecule has 4 heteroatoms. The predicted molar refractivity (Wildman–Crippen MR) is 67.2 cm³/mol. The van der Waals surface area contributed by atoms with Crippen LogP contribution in [0.25, 0.3) is 0 Å². The van der Waals surface area contributed by atoms with Gasteiger partial charge in [-0.2, -0.15) is 16.9 Å². The van der Waals surface area contributed by atoms with Crippen LogP contribution in [-0.4, -0.2) is 28.3 Å². The second-order valence-corrected chi connectivity index (χ2v) is 5.23. The molecule has 0 bridgehead atoms. The summed E-state index contributed by atoms with van der Waals surface area (Å²) in [6, 6.07) is 2.48. The molecule has 0 fully saturated rings. The summed E-state index contributed by atoms with van der Waals surface area (Å²) in [5.74, 6) is 3.09. The minimum Gasteiger partial charge on any atom is -0.311 e. The van der Waals surface area contributed by atoms with Crippen LogP contribution in [0.2, 0.25) is 0 Å². The van der Waals surface area contributed by atoms with Crippen LogP contribution < -0.4 is 5.32 Å². The van der Waals surface area contributed by atoms with Gasteiger partial charge in [0, 0.05) is 19.0 Å². The number of rotatable bonds is 6. The van der Waals surface area contributed by atoms with Gasteiger partial charge in [0.25, 0.3) is 0 Å². The van der Waals surface area contributed by atoms with Gasteiger partial charge < -0.3 is 5.32 Å². The lowest BCUT2D eigenvalue weighted by Crippen LogP contribution is -2.22. The third-order valence-corrected chi connectivity index (χ3v) is 3.77. The molecule has 0 aromatic carbocycles. The molecule has 1 aromatic heterocycles. The zero-order valence-corrected chi connectivity index (χ0v) is 10.8. The molecule has 0 radical (unpaired) electrons. The van der Waals surface area contributed by atoms with Gasteiger partial charge in [0.1, 0.15) is 0 Å². The Hall–Kier alpha value is -0.480. The predicted octanol–water partition coefficient (Wildman–Crippen LogP) is 2.07. The van der Waals surface area contributed by atoms with E-state index in [-0.39, 0.29) is 0 Å². The lowest BCUT2D eigenvalue weighted by molar-refractivity contribution is 0.585. The first kappa shape index (κ1) is 12.6. The van der Waals surface area contributed by atoms with Crippen LogP contribution in [-0.2, 0) is 7.05 Å². The maximum Gasteiger partial charge on any atom is 0.0581 e. The minimum absolute atomic E-state index is 0.404. The van der Waals surface area contributed by atoms with Crippen molar-refractivity contribution in [2.75, 3.05) is 18.6 Å². The lowest BCUT2D eigenvalue weighted by atomic mass is 10.2. The molecule has 1 N–H and O–H groups in total. The number of aryl methyl sites for hydroxylation is 1. The molecule has 0 aliphatic rings. The van der Waals surface area contributed by atoms with E-state index in [1.165, 1.54) is 11.4 Å². The van der Waals surface area contributed by atoms with Crippen molar-refractivity contribution in [3.63, 3.8) is 0 Å². The smallest absolute Gasteiger partial charge is 0.0581 e. The molecule has 1 aromatic rings. The van der Waals surface area contributed by atoms with Crippen LogP contribution in [0.5, 0.6) is 0 Å². The van der Waals surface area contributed by atoms with E-state index in [4.69, 9.17) is 0 Å². The van der Waals surface area contributed by atoms with Crippen molar-refractivity contribution in [2.45, 2.75) is 19.9 Å². The standard InChI is InChI=1S/C11H21N3S/c1-9(2)7-15-8-10(12-3)11-5-6-13-14(11)4/h5-6,9-10,12H,7-8H2,1-4H3. The van der Waals surface area contributed by atoms with Crippen LogP contribution >= 0.6 is 11.8 Å². The molecule has 0 spiro atoms. The fraction of sp³-hybridized carbons (Fsp3) is 0.727. The van der Waals surface area contributed by atoms with Gasteiger partial charge in [0.15, 0.2) is 0 Å². The Morgan fingerprint density at radius 3 is 2.67 bits per heavy atom. The summed E-state index contributed by atoms with van der Waals surface area (Å²) in [4.78, 5) is 0. The van der Waals surface area contributed by atoms with Gasteiger partial charge in [-0.15, -0.1) is 0 Å². The van der Waals surface area contributed by atoms with E-state index >= 15 is 0 Å². The SMILES string of the molecule is CNC(CSCC(C)C)c1ccnn1C. The number of hydrogen-bond donors (Lipinski definition) is 1. The largest absolute Gasteiger partial charge is 0.311 e. The second kappa shape index (κ2) is 6.18. The van der Waals surface area contributed by atoms with Gasteiger partial charge in [-0.3, -0.25) is 4.68 Å². The van der Waals surface area contributed by atoms with E-state index in [1.54, 1.807) is 0 Å². The van der Waals surface area contributed by atoms with Gasteiger partial charge >= 0.3 is 0 Å². The van der Waals surface area contributed by atoms with Crippen LogP contribution in [0.1, 0.15) is 25.6 Å². The van der Waals surface area contributed by atoms with Crippen LogP contribution in [0.4, 0.5) is 0 Å². The first-order valence-corrected chi connectivity index (χ1v) is 6.53. The average Bonchev–Trinajstić information content (AvgIpc) is 2.59. The fourth-order valence-electron chi connectivity index (χ4n) is 1.46. The molecule has 1 heterocycles. The Morgan fingerprint density at radius 2 is 2.20 bits per heavy atom. The average molecular weight is 227 g/mol. The molecular weight excluding hydrogens is 206 g/mol. The van der Waals surface area contributed by atoms with Gasteiger partial charge in [-0.25, -0.2) is 0 Å². The molecule has 0 aliphatic heterocycles. The van der Waals surface area contributed by atoms with Crippen molar-refractivity contribution in [3.8, 4) is 0 Å². The zero-order chi connectivity index (χ0) is 11.3. The van der Waals surface area contributed by atoms with Crippen molar-refractivity contribution in [1.29, 1.82) is 0 Å². The molecule has 15 heavy (non-hydrogen) atoms. The van der Waals surface area contributed by atoms with Crippen molar-refractivity contribution < 1.29 is 0 Å². The third-order valence-electron chi connectivity index (χ3n) is 2.30. The molecule has 0 aliphatic carbocycles. The molecule has 86 valence electrons. The molecular formula is C11H21N3S. The normalized spacial score (nSPS) is 13.4. The Kier molecular flexibility index (Phi) is 5.19. The van der Waals surface area contributed by atoms with E-state index < -0.39 is 0 Å². The molecule has 0 saturated heterocycles. The topological polar surface area (TPSA) is 29.9 Å². The van der Waals surface area contributed by atoms with Crippen molar-refractivity contribution in [1.82, 2.24) is 15.1 Å². The minimum atomic E-state index is 0.404. The Bertz CT molecular complexity index is 283. The number of thioether (sulfide) groups is 1. The molecule has 1 unspecified atom stereocenters. The fourth-order valence-corrected chi connectivity index (χ4v) is 2.64. The van der Waals surface area contributed by atoms with Crippen LogP contribution in [0.15, 0.2) is 12.3 Å². The first-order valence-electron chi connectivity index (χ1n) is 5.38. The third kappa shape index (κ3) is 3.87. The molecule has 1 atom stereocenters.